The number of halogens is 1. The monoisotopic (exact) mass is 579 g/mol. The maximum Gasteiger partial charge on any atom is 0.244 e. The summed E-state index contributed by atoms with van der Waals surface area (Å²) in [6.07, 6.45) is 6.13. The van der Waals surface area contributed by atoms with Gasteiger partial charge in [0.1, 0.15) is 18.4 Å². The standard InChI is InChI=1S/C32H38FN3O4S/c1-24-13-9-12-20-29(24)36(41(2,39)40)23-31(37)35(22-26-16-10-11-19-28(26)33)30(21-25-14-5-3-6-15-25)32(38)34-27-17-7-4-8-18-27/h3,5-6,9-16,19-20,27,30H,4,7-8,17-18,21-23H2,1-2H3,(H,34,38)/t30-/m0/s1. The van der Waals surface area contributed by atoms with E-state index in [0.29, 0.717) is 11.3 Å². The average Bonchev–Trinajstić information content (AvgIpc) is 2.95. The summed E-state index contributed by atoms with van der Waals surface area (Å²) in [7, 11) is -3.87. The molecule has 7 nitrogen and oxygen atoms in total. The molecule has 0 spiro atoms. The predicted molar refractivity (Wildman–Crippen MR) is 159 cm³/mol. The second kappa shape index (κ2) is 13.8. The highest BCUT2D eigenvalue weighted by molar-refractivity contribution is 7.92. The molecule has 0 aromatic heterocycles. The number of nitrogens with zero attached hydrogens (tertiary/aromatic N) is 2. The molecule has 41 heavy (non-hydrogen) atoms. The van der Waals surface area contributed by atoms with Gasteiger partial charge in [0.2, 0.25) is 21.8 Å². The lowest BCUT2D eigenvalue weighted by atomic mass is 9.94. The first kappa shape index (κ1) is 30.2. The van der Waals surface area contributed by atoms with Crippen molar-refractivity contribution in [1.82, 2.24) is 10.2 Å². The maximum absolute atomic E-state index is 14.9. The highest BCUT2D eigenvalue weighted by Crippen LogP contribution is 2.24. The Morgan fingerprint density at radius 3 is 2.22 bits per heavy atom. The van der Waals surface area contributed by atoms with E-state index >= 15 is 0 Å². The lowest BCUT2D eigenvalue weighted by Gasteiger charge is -2.35. The fourth-order valence-corrected chi connectivity index (χ4v) is 6.25. The molecule has 0 saturated heterocycles. The Hall–Kier alpha value is -3.72. The molecule has 3 aromatic carbocycles. The number of carbonyl (C=O) groups is 2. The number of para-hydroxylation sites is 1. The Kier molecular flexibility index (Phi) is 10.2. The molecular formula is C32H38FN3O4S. The summed E-state index contributed by atoms with van der Waals surface area (Å²) < 4.78 is 41.8. The van der Waals surface area contributed by atoms with E-state index in [4.69, 9.17) is 0 Å². The summed E-state index contributed by atoms with van der Waals surface area (Å²) in [5, 5.41) is 3.14. The zero-order valence-corrected chi connectivity index (χ0v) is 24.4. The molecule has 0 heterocycles. The van der Waals surface area contributed by atoms with Crippen LogP contribution in [0.1, 0.15) is 48.8 Å². The third kappa shape index (κ3) is 8.16. The number of benzene rings is 3. The Labute approximate surface area is 242 Å². The molecule has 0 radical (unpaired) electrons. The summed E-state index contributed by atoms with van der Waals surface area (Å²) in [5.41, 5.74) is 2.13. The van der Waals surface area contributed by atoms with Crippen LogP contribution in [0.3, 0.4) is 0 Å². The van der Waals surface area contributed by atoms with Gasteiger partial charge in [0.05, 0.1) is 11.9 Å². The molecule has 1 fully saturated rings. The second-order valence-corrected chi connectivity index (χ2v) is 12.6. The van der Waals surface area contributed by atoms with Crippen LogP contribution in [-0.4, -0.2) is 50.0 Å². The smallest absolute Gasteiger partial charge is 0.244 e. The minimum atomic E-state index is -3.87. The van der Waals surface area contributed by atoms with Gasteiger partial charge in [0.15, 0.2) is 0 Å². The van der Waals surface area contributed by atoms with Crippen molar-refractivity contribution >= 4 is 27.5 Å². The average molecular weight is 580 g/mol. The quantitative estimate of drug-likeness (QED) is 0.347. The van der Waals surface area contributed by atoms with Gasteiger partial charge >= 0.3 is 0 Å². The Morgan fingerprint density at radius 2 is 1.56 bits per heavy atom. The molecule has 4 rings (SSSR count). The Morgan fingerprint density at radius 1 is 0.927 bits per heavy atom. The van der Waals surface area contributed by atoms with E-state index < -0.39 is 34.3 Å². The highest BCUT2D eigenvalue weighted by Gasteiger charge is 2.34. The maximum atomic E-state index is 14.9. The molecule has 3 aromatic rings. The number of hydrogen-bond donors (Lipinski definition) is 1. The molecule has 1 atom stereocenters. The molecule has 0 bridgehead atoms. The van der Waals surface area contributed by atoms with Gasteiger partial charge in [-0.1, -0.05) is 86.0 Å². The van der Waals surface area contributed by atoms with Crippen LogP contribution in [-0.2, 0) is 32.6 Å². The lowest BCUT2D eigenvalue weighted by molar-refractivity contribution is -0.140. The predicted octanol–water partition coefficient (Wildman–Crippen LogP) is 4.99. The Balaban J connectivity index is 1.74. The van der Waals surface area contributed by atoms with Crippen LogP contribution >= 0.6 is 0 Å². The zero-order chi connectivity index (χ0) is 29.4. The number of amides is 2. The molecule has 1 aliphatic rings. The van der Waals surface area contributed by atoms with Gasteiger partial charge in [-0.25, -0.2) is 12.8 Å². The lowest BCUT2D eigenvalue weighted by Crippen LogP contribution is -2.55. The van der Waals surface area contributed by atoms with Crippen molar-refractivity contribution in [2.75, 3.05) is 17.1 Å². The minimum absolute atomic E-state index is 0.000534. The van der Waals surface area contributed by atoms with E-state index in [1.165, 1.54) is 11.0 Å². The first-order valence-corrected chi connectivity index (χ1v) is 15.9. The second-order valence-electron chi connectivity index (χ2n) is 10.7. The van der Waals surface area contributed by atoms with Crippen molar-refractivity contribution < 1.29 is 22.4 Å². The van der Waals surface area contributed by atoms with Crippen LogP contribution < -0.4 is 9.62 Å². The van der Waals surface area contributed by atoms with E-state index in [9.17, 15) is 22.4 Å². The van der Waals surface area contributed by atoms with Gasteiger partial charge in [-0.2, -0.15) is 0 Å². The third-order valence-corrected chi connectivity index (χ3v) is 8.71. The normalized spacial score (nSPS) is 14.7. The molecule has 0 unspecified atom stereocenters. The minimum Gasteiger partial charge on any atom is -0.352 e. The fourth-order valence-electron chi connectivity index (χ4n) is 5.35. The number of sulfonamides is 1. The molecule has 1 aliphatic carbocycles. The van der Waals surface area contributed by atoms with Crippen molar-refractivity contribution in [2.24, 2.45) is 0 Å². The summed E-state index contributed by atoms with van der Waals surface area (Å²) >= 11 is 0. The Bertz CT molecular complexity index is 1440. The van der Waals surface area contributed by atoms with Gasteiger partial charge in [-0.05, 0) is 43.0 Å². The van der Waals surface area contributed by atoms with Crippen molar-refractivity contribution in [3.05, 3.63) is 101 Å². The molecule has 9 heteroatoms. The number of rotatable bonds is 11. The van der Waals surface area contributed by atoms with Crippen molar-refractivity contribution in [1.29, 1.82) is 0 Å². The van der Waals surface area contributed by atoms with E-state index in [2.05, 4.69) is 5.32 Å². The molecule has 2 amide bonds. The van der Waals surface area contributed by atoms with E-state index in [-0.39, 0.29) is 30.5 Å². The van der Waals surface area contributed by atoms with Gasteiger partial charge in [-0.3, -0.25) is 13.9 Å². The topological polar surface area (TPSA) is 86.8 Å². The molecular weight excluding hydrogens is 541 g/mol. The first-order valence-electron chi connectivity index (χ1n) is 14.0. The van der Waals surface area contributed by atoms with Crippen LogP contribution in [0.2, 0.25) is 0 Å². The number of carbonyl (C=O) groups excluding carboxylic acids is 2. The largest absolute Gasteiger partial charge is 0.352 e. The molecule has 218 valence electrons. The SMILES string of the molecule is Cc1ccccc1N(CC(=O)N(Cc1ccccc1F)[C@@H](Cc1ccccc1)C(=O)NC1CCCCC1)S(C)(=O)=O. The number of nitrogens with one attached hydrogen (secondary N) is 1. The van der Waals surface area contributed by atoms with Gasteiger partial charge in [-0.15, -0.1) is 0 Å². The molecule has 0 aliphatic heterocycles. The van der Waals surface area contributed by atoms with Crippen molar-refractivity contribution in [3.63, 3.8) is 0 Å². The van der Waals surface area contributed by atoms with Crippen LogP contribution in [0, 0.1) is 12.7 Å². The van der Waals surface area contributed by atoms with Crippen LogP contribution in [0.4, 0.5) is 10.1 Å². The van der Waals surface area contributed by atoms with Gasteiger partial charge in [0.25, 0.3) is 0 Å². The van der Waals surface area contributed by atoms with Gasteiger partial charge in [0, 0.05) is 24.6 Å². The number of hydrogen-bond acceptors (Lipinski definition) is 4. The van der Waals surface area contributed by atoms with Crippen molar-refractivity contribution in [2.45, 2.75) is 64.1 Å². The summed E-state index contributed by atoms with van der Waals surface area (Å²) in [4.78, 5) is 29.4. The van der Waals surface area contributed by atoms with E-state index in [1.54, 1.807) is 49.4 Å². The number of anilines is 1. The van der Waals surface area contributed by atoms with E-state index in [0.717, 1.165) is 48.2 Å². The number of aryl methyl sites for hydroxylation is 1. The zero-order valence-electron chi connectivity index (χ0n) is 23.6. The van der Waals surface area contributed by atoms with Crippen molar-refractivity contribution in [3.8, 4) is 0 Å². The summed E-state index contributed by atoms with van der Waals surface area (Å²) in [6.45, 7) is 1.05. The van der Waals surface area contributed by atoms with Crippen LogP contribution in [0.15, 0.2) is 78.9 Å². The van der Waals surface area contributed by atoms with Gasteiger partial charge < -0.3 is 10.2 Å². The van der Waals surface area contributed by atoms with Crippen LogP contribution in [0.5, 0.6) is 0 Å². The fraction of sp³-hybridized carbons (Fsp3) is 0.375. The van der Waals surface area contributed by atoms with Crippen LogP contribution in [0.25, 0.3) is 0 Å². The van der Waals surface area contributed by atoms with E-state index in [1.807, 2.05) is 30.3 Å². The first-order chi connectivity index (χ1) is 19.6. The summed E-state index contributed by atoms with van der Waals surface area (Å²) in [6, 6.07) is 21.4. The third-order valence-electron chi connectivity index (χ3n) is 7.58. The summed E-state index contributed by atoms with van der Waals surface area (Å²) in [5.74, 6) is -1.43. The highest BCUT2D eigenvalue weighted by atomic mass is 32.2. The molecule has 1 saturated carbocycles. The molecule has 1 N–H and O–H groups in total.